The number of alkyl halides is 3. The van der Waals surface area contributed by atoms with Crippen LogP contribution >= 0.6 is 0 Å². The molecule has 0 aliphatic heterocycles. The molecule has 0 aliphatic rings. The van der Waals surface area contributed by atoms with E-state index in [-0.39, 0.29) is 11.4 Å². The molecule has 1 heterocycles. The van der Waals surface area contributed by atoms with E-state index in [0.717, 1.165) is 6.07 Å². The Morgan fingerprint density at radius 1 is 1.27 bits per heavy atom. The van der Waals surface area contributed by atoms with Gasteiger partial charge in [-0.2, -0.15) is 5.26 Å². The topological polar surface area (TPSA) is 84.1 Å². The molecule has 0 unspecified atom stereocenters. The van der Waals surface area contributed by atoms with Crippen LogP contribution in [0.3, 0.4) is 0 Å². The Balaban J connectivity index is 2.50. The molecule has 10 heteroatoms. The van der Waals surface area contributed by atoms with Crippen molar-refractivity contribution in [1.29, 1.82) is 5.26 Å². The normalized spacial score (nSPS) is 11.8. The zero-order valence-electron chi connectivity index (χ0n) is 14.0. The number of anilines is 1. The van der Waals surface area contributed by atoms with E-state index >= 15 is 0 Å². The summed E-state index contributed by atoms with van der Waals surface area (Å²) >= 11 is 0. The molecular formula is C16H16F3N3O3S. The number of hydrogen-bond donors (Lipinski definition) is 1. The number of sulfonamides is 1. The van der Waals surface area contributed by atoms with Gasteiger partial charge in [0.2, 0.25) is 10.0 Å². The lowest BCUT2D eigenvalue weighted by Gasteiger charge is -2.16. The molecule has 1 aromatic heterocycles. The van der Waals surface area contributed by atoms with Crippen LogP contribution in [0, 0.1) is 11.3 Å². The van der Waals surface area contributed by atoms with Gasteiger partial charge in [-0.15, -0.1) is 13.2 Å². The molecule has 0 saturated carbocycles. The highest BCUT2D eigenvalue weighted by Crippen LogP contribution is 2.35. The number of nitriles is 1. The number of nitrogens with one attached hydrogen (secondary N) is 1. The largest absolute Gasteiger partial charge is 0.573 e. The van der Waals surface area contributed by atoms with Crippen LogP contribution in [0.15, 0.2) is 30.3 Å². The smallest absolute Gasteiger partial charge is 0.404 e. The third-order valence-electron chi connectivity index (χ3n) is 3.48. The van der Waals surface area contributed by atoms with Crippen molar-refractivity contribution in [1.82, 2.24) is 4.57 Å². The van der Waals surface area contributed by atoms with E-state index < -0.39 is 22.1 Å². The highest BCUT2D eigenvalue weighted by molar-refractivity contribution is 7.92. The van der Waals surface area contributed by atoms with Crippen molar-refractivity contribution in [2.45, 2.75) is 19.7 Å². The van der Waals surface area contributed by atoms with Crippen molar-refractivity contribution in [3.05, 3.63) is 36.0 Å². The summed E-state index contributed by atoms with van der Waals surface area (Å²) < 4.78 is 69.5. The Hall–Kier alpha value is -2.67. The minimum atomic E-state index is -4.99. The summed E-state index contributed by atoms with van der Waals surface area (Å²) in [5, 5.41) is 8.99. The number of nitrogens with zero attached hydrogens (tertiary/aromatic N) is 2. The van der Waals surface area contributed by atoms with Crippen molar-refractivity contribution in [3.8, 4) is 23.1 Å². The van der Waals surface area contributed by atoms with Crippen molar-refractivity contribution >= 4 is 15.7 Å². The molecule has 1 N–H and O–H groups in total. The molecule has 140 valence electrons. The molecule has 0 bridgehead atoms. The number of benzene rings is 1. The van der Waals surface area contributed by atoms with E-state index in [1.54, 1.807) is 20.0 Å². The van der Waals surface area contributed by atoms with Crippen LogP contribution in [0.25, 0.3) is 11.3 Å². The minimum absolute atomic E-state index is 0.233. The van der Waals surface area contributed by atoms with Gasteiger partial charge in [0, 0.05) is 18.3 Å². The Morgan fingerprint density at radius 2 is 1.96 bits per heavy atom. The molecule has 0 spiro atoms. The van der Waals surface area contributed by atoms with Gasteiger partial charge in [-0.3, -0.25) is 4.72 Å². The van der Waals surface area contributed by atoms with Crippen LogP contribution in [-0.4, -0.2) is 25.1 Å². The maximum Gasteiger partial charge on any atom is 0.573 e. The van der Waals surface area contributed by atoms with E-state index in [4.69, 9.17) is 5.26 Å². The van der Waals surface area contributed by atoms with Crippen LogP contribution < -0.4 is 9.46 Å². The van der Waals surface area contributed by atoms with Gasteiger partial charge in [-0.25, -0.2) is 8.42 Å². The standard InChI is InChI=1S/C16H16F3N3O3S/c1-3-8-26(23,24)21-13-6-4-11(9-15(13)25-16(17,18)19)14-7-5-12(10-20)22(14)2/h4-7,9,21H,3,8H2,1-2H3. The SMILES string of the molecule is CCCS(=O)(=O)Nc1ccc(-c2ccc(C#N)n2C)cc1OC(F)(F)F. The average molecular weight is 387 g/mol. The average Bonchev–Trinajstić information content (AvgIpc) is 2.88. The fourth-order valence-corrected chi connectivity index (χ4v) is 3.52. The van der Waals surface area contributed by atoms with Gasteiger partial charge in [-0.05, 0) is 30.7 Å². The first kappa shape index (κ1) is 19.7. The Labute approximate surface area is 148 Å². The van der Waals surface area contributed by atoms with Crippen molar-refractivity contribution in [3.63, 3.8) is 0 Å². The number of aromatic nitrogens is 1. The molecule has 0 radical (unpaired) electrons. The molecule has 0 atom stereocenters. The lowest BCUT2D eigenvalue weighted by Crippen LogP contribution is -2.21. The molecule has 0 aliphatic carbocycles. The summed E-state index contributed by atoms with van der Waals surface area (Å²) in [4.78, 5) is 0. The number of halogens is 3. The molecule has 0 saturated heterocycles. The maximum absolute atomic E-state index is 12.7. The Bertz CT molecular complexity index is 944. The van der Waals surface area contributed by atoms with Gasteiger partial charge in [0.15, 0.2) is 5.75 Å². The lowest BCUT2D eigenvalue weighted by atomic mass is 10.1. The third kappa shape index (κ3) is 4.70. The molecule has 0 fully saturated rings. The lowest BCUT2D eigenvalue weighted by molar-refractivity contribution is -0.274. The molecule has 26 heavy (non-hydrogen) atoms. The van der Waals surface area contributed by atoms with Crippen LogP contribution in [0.4, 0.5) is 18.9 Å². The van der Waals surface area contributed by atoms with Crippen LogP contribution in [-0.2, 0) is 17.1 Å². The van der Waals surface area contributed by atoms with Gasteiger partial charge in [0.05, 0.1) is 11.4 Å². The first-order valence-corrected chi connectivity index (χ1v) is 9.18. The molecule has 0 amide bonds. The maximum atomic E-state index is 12.7. The Morgan fingerprint density at radius 3 is 2.50 bits per heavy atom. The van der Waals surface area contributed by atoms with Crippen LogP contribution in [0.2, 0.25) is 0 Å². The fraction of sp³-hybridized carbons (Fsp3) is 0.312. The van der Waals surface area contributed by atoms with E-state index in [0.29, 0.717) is 23.4 Å². The van der Waals surface area contributed by atoms with Gasteiger partial charge in [0.1, 0.15) is 11.8 Å². The van der Waals surface area contributed by atoms with E-state index in [2.05, 4.69) is 9.46 Å². The van der Waals surface area contributed by atoms with Crippen molar-refractivity contribution in [2.24, 2.45) is 7.05 Å². The summed E-state index contributed by atoms with van der Waals surface area (Å²) in [6.45, 7) is 1.64. The van der Waals surface area contributed by atoms with Gasteiger partial charge >= 0.3 is 6.36 Å². The highest BCUT2D eigenvalue weighted by atomic mass is 32.2. The van der Waals surface area contributed by atoms with Crippen molar-refractivity contribution < 1.29 is 26.3 Å². The first-order chi connectivity index (χ1) is 12.1. The van der Waals surface area contributed by atoms with Crippen LogP contribution in [0.1, 0.15) is 19.0 Å². The van der Waals surface area contributed by atoms with Gasteiger partial charge < -0.3 is 9.30 Å². The summed E-state index contributed by atoms with van der Waals surface area (Å²) in [5.74, 6) is -0.904. The second-order valence-corrected chi connectivity index (χ2v) is 7.30. The number of rotatable bonds is 6. The fourth-order valence-electron chi connectivity index (χ4n) is 2.38. The minimum Gasteiger partial charge on any atom is -0.404 e. The monoisotopic (exact) mass is 387 g/mol. The summed E-state index contributed by atoms with van der Waals surface area (Å²) in [6.07, 6.45) is -4.68. The predicted molar refractivity (Wildman–Crippen MR) is 89.9 cm³/mol. The van der Waals surface area contributed by atoms with Gasteiger partial charge in [-0.1, -0.05) is 13.0 Å². The molecule has 1 aromatic carbocycles. The number of hydrogen-bond acceptors (Lipinski definition) is 4. The Kier molecular flexibility index (Phi) is 5.51. The zero-order valence-corrected chi connectivity index (χ0v) is 14.8. The molecule has 6 nitrogen and oxygen atoms in total. The van der Waals surface area contributed by atoms with Crippen LogP contribution in [0.5, 0.6) is 5.75 Å². The highest BCUT2D eigenvalue weighted by Gasteiger charge is 2.33. The quantitative estimate of drug-likeness (QED) is 0.821. The van der Waals surface area contributed by atoms with E-state index in [1.165, 1.54) is 22.8 Å². The van der Waals surface area contributed by atoms with Crippen molar-refractivity contribution in [2.75, 3.05) is 10.5 Å². The molecular weight excluding hydrogens is 371 g/mol. The first-order valence-electron chi connectivity index (χ1n) is 7.53. The van der Waals surface area contributed by atoms with E-state index in [1.807, 2.05) is 6.07 Å². The second-order valence-electron chi connectivity index (χ2n) is 5.45. The number of ether oxygens (including phenoxy) is 1. The summed E-state index contributed by atoms with van der Waals surface area (Å²) in [7, 11) is -2.20. The van der Waals surface area contributed by atoms with E-state index in [9.17, 15) is 21.6 Å². The second kappa shape index (κ2) is 7.29. The van der Waals surface area contributed by atoms with Gasteiger partial charge in [0.25, 0.3) is 0 Å². The predicted octanol–water partition coefficient (Wildman–Crippen LogP) is 3.61. The third-order valence-corrected chi connectivity index (χ3v) is 4.95. The molecule has 2 rings (SSSR count). The summed E-state index contributed by atoms with van der Waals surface area (Å²) in [5.41, 5.74) is 0.837. The molecule has 2 aromatic rings. The zero-order chi connectivity index (χ0) is 19.5. The summed E-state index contributed by atoms with van der Waals surface area (Å²) in [6, 6.07) is 8.78.